The smallest absolute Gasteiger partial charge is 0.416 e. The number of carbonyl (C=O) groups is 3. The van der Waals surface area contributed by atoms with Gasteiger partial charge in [-0.15, -0.1) is 0 Å². The fourth-order valence-electron chi connectivity index (χ4n) is 2.27. The Balaban J connectivity index is 2.00. The highest BCUT2D eigenvalue weighted by molar-refractivity contribution is 8.14. The zero-order chi connectivity index (χ0) is 20.9. The van der Waals surface area contributed by atoms with Gasteiger partial charge in [-0.1, -0.05) is 11.8 Å². The van der Waals surface area contributed by atoms with E-state index in [1.165, 1.54) is 6.92 Å². The minimum absolute atomic E-state index is 0.0820. The second-order valence-electron chi connectivity index (χ2n) is 5.58. The highest BCUT2D eigenvalue weighted by atomic mass is 32.2. The number of carbonyl (C=O) groups excluding carboxylic acids is 3. The number of esters is 1. The number of aliphatic imine (C=N–C) groups is 2. The molecular weight excluding hydrogens is 399 g/mol. The molecule has 1 aromatic rings. The average Bonchev–Trinajstić information content (AvgIpc) is 2.59. The monoisotopic (exact) mass is 415 g/mol. The van der Waals surface area contributed by atoms with Gasteiger partial charge >= 0.3 is 18.2 Å². The number of rotatable bonds is 5. The average molecular weight is 415 g/mol. The summed E-state index contributed by atoms with van der Waals surface area (Å²) in [4.78, 5) is 43.0. The second-order valence-corrected chi connectivity index (χ2v) is 6.58. The minimum Gasteiger partial charge on any atom is -0.465 e. The number of hydrogen-bond acceptors (Lipinski definition) is 5. The summed E-state index contributed by atoms with van der Waals surface area (Å²) in [5, 5.41) is 2.52. The van der Waals surface area contributed by atoms with Crippen molar-refractivity contribution in [2.24, 2.45) is 15.9 Å². The van der Waals surface area contributed by atoms with Crippen LogP contribution < -0.4 is 5.32 Å². The van der Waals surface area contributed by atoms with E-state index in [1.807, 2.05) is 0 Å². The van der Waals surface area contributed by atoms with Crippen molar-refractivity contribution in [2.45, 2.75) is 20.0 Å². The van der Waals surface area contributed by atoms with Crippen LogP contribution in [0.3, 0.4) is 0 Å². The van der Waals surface area contributed by atoms with E-state index in [2.05, 4.69) is 15.3 Å². The van der Waals surface area contributed by atoms with E-state index in [0.717, 1.165) is 36.0 Å². The lowest BCUT2D eigenvalue weighted by Gasteiger charge is -2.19. The van der Waals surface area contributed by atoms with E-state index in [4.69, 9.17) is 4.74 Å². The number of nitrogens with one attached hydrogen (secondary N) is 1. The molecule has 1 unspecified atom stereocenters. The summed E-state index contributed by atoms with van der Waals surface area (Å²) in [6.45, 7) is 3.24. The first-order valence-electron chi connectivity index (χ1n) is 8.06. The van der Waals surface area contributed by atoms with Crippen molar-refractivity contribution in [2.75, 3.05) is 17.7 Å². The summed E-state index contributed by atoms with van der Waals surface area (Å²) in [5.41, 5.74) is -0.439. The van der Waals surface area contributed by atoms with E-state index in [0.29, 0.717) is 0 Å². The number of amides is 3. The maximum Gasteiger partial charge on any atom is 0.416 e. The number of benzene rings is 1. The Bertz CT molecular complexity index is 835. The molecule has 0 saturated heterocycles. The highest BCUT2D eigenvalue weighted by Crippen LogP contribution is 2.30. The molecular formula is C17H16F3N3O4S. The largest absolute Gasteiger partial charge is 0.465 e. The molecule has 28 heavy (non-hydrogen) atoms. The van der Waals surface area contributed by atoms with Gasteiger partial charge in [0.25, 0.3) is 0 Å². The number of hydrogen-bond donors (Lipinski definition) is 1. The van der Waals surface area contributed by atoms with Crippen LogP contribution in [-0.4, -0.2) is 41.0 Å². The predicted octanol–water partition coefficient (Wildman–Crippen LogP) is 3.55. The molecule has 0 bridgehead atoms. The van der Waals surface area contributed by atoms with Gasteiger partial charge in [-0.3, -0.25) is 9.59 Å². The van der Waals surface area contributed by atoms with Crippen molar-refractivity contribution in [1.29, 1.82) is 0 Å². The van der Waals surface area contributed by atoms with Gasteiger partial charge in [0.2, 0.25) is 5.91 Å². The standard InChI is InChI=1S/C17H16F3N3O4S/c1-3-27-15(25)13-9(2)21-16(26)23-14(13)28-8-12(24)22-11-6-4-10(5-7-11)17(18,19)20/h4-7,13H,3,8H2,1-2H3,(H,22,24). The molecule has 3 amide bonds. The van der Waals surface area contributed by atoms with Crippen LogP contribution in [0.1, 0.15) is 19.4 Å². The molecule has 1 aliphatic rings. The zero-order valence-corrected chi connectivity index (χ0v) is 15.7. The Morgan fingerprint density at radius 1 is 1.21 bits per heavy atom. The Kier molecular flexibility index (Phi) is 6.95. The lowest BCUT2D eigenvalue weighted by molar-refractivity contribution is -0.143. The maximum atomic E-state index is 12.5. The van der Waals surface area contributed by atoms with Crippen molar-refractivity contribution < 1.29 is 32.3 Å². The molecule has 150 valence electrons. The molecule has 1 N–H and O–H groups in total. The Morgan fingerprint density at radius 3 is 2.43 bits per heavy atom. The first kappa shape index (κ1) is 21.6. The number of thioether (sulfide) groups is 1. The van der Waals surface area contributed by atoms with Gasteiger partial charge in [0.15, 0.2) is 0 Å². The number of ether oxygens (including phenoxy) is 1. The number of halogens is 3. The third kappa shape index (κ3) is 5.65. The molecule has 1 heterocycles. The van der Waals surface area contributed by atoms with Crippen molar-refractivity contribution in [3.63, 3.8) is 0 Å². The van der Waals surface area contributed by atoms with Crippen molar-refractivity contribution >= 4 is 46.1 Å². The molecule has 7 nitrogen and oxygen atoms in total. The van der Waals surface area contributed by atoms with E-state index in [1.54, 1.807) is 6.92 Å². The molecule has 11 heteroatoms. The van der Waals surface area contributed by atoms with Crippen molar-refractivity contribution in [3.05, 3.63) is 29.8 Å². The normalized spacial score (nSPS) is 16.9. The summed E-state index contributed by atoms with van der Waals surface area (Å²) < 4.78 is 42.6. The van der Waals surface area contributed by atoms with E-state index in [9.17, 15) is 27.6 Å². The number of urea groups is 1. The second kappa shape index (κ2) is 9.00. The number of alkyl halides is 3. The van der Waals surface area contributed by atoms with Crippen molar-refractivity contribution in [3.8, 4) is 0 Å². The van der Waals surface area contributed by atoms with Crippen LogP contribution in [0.15, 0.2) is 34.3 Å². The quantitative estimate of drug-likeness (QED) is 0.742. The van der Waals surface area contributed by atoms with Crippen LogP contribution >= 0.6 is 11.8 Å². The van der Waals surface area contributed by atoms with Crippen LogP contribution in [0.4, 0.5) is 23.7 Å². The summed E-state index contributed by atoms with van der Waals surface area (Å²) in [6.07, 6.45) is -4.47. The molecule has 1 aromatic carbocycles. The van der Waals surface area contributed by atoms with Crippen LogP contribution in [-0.2, 0) is 20.5 Å². The van der Waals surface area contributed by atoms with Crippen LogP contribution in [0.5, 0.6) is 0 Å². The first-order chi connectivity index (χ1) is 13.1. The summed E-state index contributed by atoms with van der Waals surface area (Å²) >= 11 is 0.857. The molecule has 0 radical (unpaired) electrons. The highest BCUT2D eigenvalue weighted by Gasteiger charge is 2.33. The summed E-state index contributed by atoms with van der Waals surface area (Å²) in [6, 6.07) is 3.17. The molecule has 1 atom stereocenters. The third-order valence-corrected chi connectivity index (χ3v) is 4.54. The van der Waals surface area contributed by atoms with Gasteiger partial charge in [-0.2, -0.15) is 23.2 Å². The van der Waals surface area contributed by atoms with Crippen LogP contribution in [0.2, 0.25) is 0 Å². The molecule has 0 spiro atoms. The van der Waals surface area contributed by atoms with Gasteiger partial charge in [0.05, 0.1) is 23.0 Å². The van der Waals surface area contributed by atoms with Gasteiger partial charge in [0.1, 0.15) is 5.92 Å². The minimum atomic E-state index is -4.47. The zero-order valence-electron chi connectivity index (χ0n) is 14.9. The van der Waals surface area contributed by atoms with Crippen LogP contribution in [0, 0.1) is 5.92 Å². The fourth-order valence-corrected chi connectivity index (χ4v) is 3.20. The number of anilines is 1. The lowest BCUT2D eigenvalue weighted by atomic mass is 10.1. The Labute approximate surface area is 162 Å². The first-order valence-corrected chi connectivity index (χ1v) is 9.04. The van der Waals surface area contributed by atoms with Gasteiger partial charge in [-0.25, -0.2) is 4.79 Å². The molecule has 0 aromatic heterocycles. The van der Waals surface area contributed by atoms with Crippen LogP contribution in [0.25, 0.3) is 0 Å². The molecule has 0 aliphatic carbocycles. The summed E-state index contributed by atoms with van der Waals surface area (Å²) in [7, 11) is 0. The number of nitrogens with zero attached hydrogens (tertiary/aromatic N) is 2. The Hall–Kier alpha value is -2.69. The third-order valence-electron chi connectivity index (χ3n) is 3.51. The summed E-state index contributed by atoms with van der Waals surface area (Å²) in [5.74, 6) is -2.36. The molecule has 2 rings (SSSR count). The topological polar surface area (TPSA) is 97.2 Å². The van der Waals surface area contributed by atoms with Crippen molar-refractivity contribution in [1.82, 2.24) is 0 Å². The fraction of sp³-hybridized carbons (Fsp3) is 0.353. The predicted molar refractivity (Wildman–Crippen MR) is 98.6 cm³/mol. The van der Waals surface area contributed by atoms with E-state index < -0.39 is 35.6 Å². The maximum absolute atomic E-state index is 12.5. The van der Waals surface area contributed by atoms with Gasteiger partial charge in [0, 0.05) is 11.4 Å². The van der Waals surface area contributed by atoms with E-state index in [-0.39, 0.29) is 28.8 Å². The Morgan fingerprint density at radius 2 is 1.86 bits per heavy atom. The lowest BCUT2D eigenvalue weighted by Crippen LogP contribution is -2.34. The van der Waals surface area contributed by atoms with Gasteiger partial charge in [-0.05, 0) is 38.1 Å². The molecule has 0 fully saturated rings. The SMILES string of the molecule is CCOC(=O)C1C(C)=NC(=O)N=C1SCC(=O)Nc1ccc(C(F)(F)F)cc1. The van der Waals surface area contributed by atoms with Gasteiger partial charge < -0.3 is 10.1 Å². The molecule has 0 saturated carbocycles. The molecule has 1 aliphatic heterocycles. The van der Waals surface area contributed by atoms with E-state index >= 15 is 0 Å².